The standard InChI is InChI=1S/C31H32N6O3/c32-18-22-6-8-24(9-7-22)37-15-11-26-28(37)34-21-36(30(26)39)20-31(40)12-16-35(17-13-31)29(38)25-10-14-33-19-27(25)23-4-2-1-3-5-23/h1-9,11,15,21,25,27,33,40H,10,12-14,16-17,19-20H2/t25-,27+/m1/s1. The van der Waals surface area contributed by atoms with E-state index >= 15 is 0 Å². The van der Waals surface area contributed by atoms with Crippen LogP contribution < -0.4 is 10.9 Å². The van der Waals surface area contributed by atoms with Gasteiger partial charge in [0.15, 0.2) is 5.65 Å². The second-order valence-corrected chi connectivity index (χ2v) is 10.9. The molecule has 9 nitrogen and oxygen atoms in total. The second kappa shape index (κ2) is 10.7. The van der Waals surface area contributed by atoms with E-state index in [9.17, 15) is 14.7 Å². The Morgan fingerprint density at radius 2 is 1.85 bits per heavy atom. The van der Waals surface area contributed by atoms with E-state index in [0.29, 0.717) is 42.5 Å². The number of aromatic nitrogens is 3. The molecule has 204 valence electrons. The lowest BCUT2D eigenvalue weighted by atomic mass is 9.80. The number of hydrogen-bond acceptors (Lipinski definition) is 6. The van der Waals surface area contributed by atoms with Crippen molar-refractivity contribution in [3.8, 4) is 11.8 Å². The average molecular weight is 537 g/mol. The van der Waals surface area contributed by atoms with Crippen molar-refractivity contribution in [3.63, 3.8) is 0 Å². The first-order valence-electron chi connectivity index (χ1n) is 13.8. The summed E-state index contributed by atoms with van der Waals surface area (Å²) in [6, 6.07) is 21.1. The van der Waals surface area contributed by atoms with Gasteiger partial charge in [0.2, 0.25) is 5.91 Å². The summed E-state index contributed by atoms with van der Waals surface area (Å²) in [5, 5.41) is 24.4. The van der Waals surface area contributed by atoms with Crippen LogP contribution in [0.25, 0.3) is 16.7 Å². The number of benzene rings is 2. The topological polar surface area (TPSA) is 116 Å². The number of carbonyl (C=O) groups is 1. The van der Waals surface area contributed by atoms with E-state index in [1.165, 1.54) is 16.5 Å². The Bertz CT molecular complexity index is 1610. The summed E-state index contributed by atoms with van der Waals surface area (Å²) in [5.74, 6) is 0.210. The van der Waals surface area contributed by atoms with Crippen LogP contribution in [-0.4, -0.2) is 61.8 Å². The fraction of sp³-hybridized carbons (Fsp3) is 0.355. The van der Waals surface area contributed by atoms with Gasteiger partial charge in [0.1, 0.15) is 6.33 Å². The Morgan fingerprint density at radius 1 is 1.10 bits per heavy atom. The minimum absolute atomic E-state index is 0.0794. The summed E-state index contributed by atoms with van der Waals surface area (Å²) in [6.07, 6.45) is 4.86. The van der Waals surface area contributed by atoms with Gasteiger partial charge in [-0.1, -0.05) is 30.3 Å². The van der Waals surface area contributed by atoms with Crippen LogP contribution in [0.1, 0.15) is 36.3 Å². The van der Waals surface area contributed by atoms with E-state index in [1.807, 2.05) is 39.8 Å². The molecular formula is C31H32N6O3. The van der Waals surface area contributed by atoms with Gasteiger partial charge in [-0.2, -0.15) is 5.26 Å². The highest BCUT2D eigenvalue weighted by Crippen LogP contribution is 2.33. The molecule has 2 fully saturated rings. The molecule has 0 saturated carbocycles. The number of likely N-dealkylation sites (tertiary alicyclic amines) is 1. The smallest absolute Gasteiger partial charge is 0.262 e. The molecule has 9 heteroatoms. The molecule has 0 radical (unpaired) electrons. The summed E-state index contributed by atoms with van der Waals surface area (Å²) in [5.41, 5.74) is 1.74. The van der Waals surface area contributed by atoms with Crippen molar-refractivity contribution in [2.75, 3.05) is 26.2 Å². The van der Waals surface area contributed by atoms with E-state index in [-0.39, 0.29) is 29.8 Å². The first-order chi connectivity index (χ1) is 19.5. The highest BCUT2D eigenvalue weighted by atomic mass is 16.3. The Hall–Kier alpha value is -4.26. The maximum absolute atomic E-state index is 13.6. The van der Waals surface area contributed by atoms with Crippen LogP contribution in [0.2, 0.25) is 0 Å². The highest BCUT2D eigenvalue weighted by Gasteiger charge is 2.39. The van der Waals surface area contributed by atoms with Crippen LogP contribution in [0.5, 0.6) is 0 Å². The number of hydrogen-bond donors (Lipinski definition) is 2. The largest absolute Gasteiger partial charge is 0.388 e. The number of nitrogens with one attached hydrogen (secondary N) is 1. The van der Waals surface area contributed by atoms with Gasteiger partial charge in [-0.15, -0.1) is 0 Å². The van der Waals surface area contributed by atoms with Gasteiger partial charge >= 0.3 is 0 Å². The number of carbonyl (C=O) groups excluding carboxylic acids is 1. The van der Waals surface area contributed by atoms with Crippen molar-refractivity contribution >= 4 is 16.9 Å². The quantitative estimate of drug-likeness (QED) is 0.405. The SMILES string of the molecule is N#Cc1ccc(-n2ccc3c(=O)n(CC4(O)CCN(C(=O)[C@@H]5CCNC[C@H]5c5ccccc5)CC4)cnc32)cc1. The van der Waals surface area contributed by atoms with Gasteiger partial charge in [0, 0.05) is 43.4 Å². The molecule has 2 atom stereocenters. The molecule has 40 heavy (non-hydrogen) atoms. The zero-order valence-corrected chi connectivity index (χ0v) is 22.2. The number of amides is 1. The van der Waals surface area contributed by atoms with Crippen molar-refractivity contribution in [1.29, 1.82) is 5.26 Å². The van der Waals surface area contributed by atoms with E-state index in [1.54, 1.807) is 24.4 Å². The van der Waals surface area contributed by atoms with Gasteiger partial charge in [-0.25, -0.2) is 4.98 Å². The second-order valence-electron chi connectivity index (χ2n) is 10.9. The van der Waals surface area contributed by atoms with Crippen molar-refractivity contribution in [1.82, 2.24) is 24.3 Å². The highest BCUT2D eigenvalue weighted by molar-refractivity contribution is 5.80. The number of fused-ring (bicyclic) bond motifs is 1. The summed E-state index contributed by atoms with van der Waals surface area (Å²) in [4.78, 5) is 33.3. The van der Waals surface area contributed by atoms with Crippen molar-refractivity contribution < 1.29 is 9.90 Å². The monoisotopic (exact) mass is 536 g/mol. The molecule has 2 aliphatic rings. The van der Waals surface area contributed by atoms with Crippen LogP contribution >= 0.6 is 0 Å². The summed E-state index contributed by atoms with van der Waals surface area (Å²) in [7, 11) is 0. The number of piperidine rings is 2. The molecule has 2 saturated heterocycles. The van der Waals surface area contributed by atoms with E-state index < -0.39 is 5.60 Å². The molecule has 4 heterocycles. The van der Waals surface area contributed by atoms with Gasteiger partial charge in [-0.05, 0) is 61.7 Å². The summed E-state index contributed by atoms with van der Waals surface area (Å²) in [6.45, 7) is 2.64. The van der Waals surface area contributed by atoms with Gasteiger partial charge in [0.05, 0.1) is 29.2 Å². The lowest BCUT2D eigenvalue weighted by Crippen LogP contribution is -2.52. The van der Waals surface area contributed by atoms with Crippen molar-refractivity contribution in [2.24, 2.45) is 5.92 Å². The molecule has 0 bridgehead atoms. The number of nitriles is 1. The molecule has 4 aromatic rings. The molecule has 0 aliphatic carbocycles. The van der Waals surface area contributed by atoms with Crippen molar-refractivity contribution in [3.05, 3.63) is 94.7 Å². The lowest BCUT2D eigenvalue weighted by molar-refractivity contribution is -0.141. The minimum Gasteiger partial charge on any atom is -0.388 e. The Kier molecular flexibility index (Phi) is 6.96. The zero-order chi connectivity index (χ0) is 27.7. The molecule has 6 rings (SSSR count). The molecule has 0 unspecified atom stereocenters. The third kappa shape index (κ3) is 4.92. The Balaban J connectivity index is 1.15. The molecule has 0 spiro atoms. The van der Waals surface area contributed by atoms with Gasteiger partial charge < -0.3 is 19.9 Å². The van der Waals surface area contributed by atoms with E-state index in [2.05, 4.69) is 28.5 Å². The lowest BCUT2D eigenvalue weighted by Gasteiger charge is -2.41. The maximum atomic E-state index is 13.6. The normalized spacial score (nSPS) is 20.8. The first kappa shape index (κ1) is 26.0. The molecule has 1 amide bonds. The average Bonchev–Trinajstić information content (AvgIpc) is 3.44. The van der Waals surface area contributed by atoms with Crippen LogP contribution in [0.4, 0.5) is 0 Å². The minimum atomic E-state index is -1.10. The van der Waals surface area contributed by atoms with Crippen molar-refractivity contribution in [2.45, 2.75) is 37.3 Å². The number of rotatable bonds is 5. The Labute approximate surface area is 232 Å². The maximum Gasteiger partial charge on any atom is 0.262 e. The zero-order valence-electron chi connectivity index (χ0n) is 22.2. The van der Waals surface area contributed by atoms with Crippen LogP contribution in [0, 0.1) is 17.2 Å². The van der Waals surface area contributed by atoms with E-state index in [0.717, 1.165) is 25.2 Å². The third-order valence-electron chi connectivity index (χ3n) is 8.44. The van der Waals surface area contributed by atoms with Crippen LogP contribution in [0.15, 0.2) is 78.0 Å². The third-order valence-corrected chi connectivity index (χ3v) is 8.44. The predicted octanol–water partition coefficient (Wildman–Crippen LogP) is 2.81. The predicted molar refractivity (Wildman–Crippen MR) is 151 cm³/mol. The molecule has 2 aromatic heterocycles. The van der Waals surface area contributed by atoms with E-state index in [4.69, 9.17) is 5.26 Å². The summed E-state index contributed by atoms with van der Waals surface area (Å²) < 4.78 is 3.28. The van der Waals surface area contributed by atoms with Gasteiger partial charge in [-0.3, -0.25) is 14.2 Å². The van der Waals surface area contributed by atoms with Crippen LogP contribution in [0.3, 0.4) is 0 Å². The number of nitrogens with zero attached hydrogens (tertiary/aromatic N) is 5. The molecule has 2 aliphatic heterocycles. The fourth-order valence-corrected chi connectivity index (χ4v) is 6.13. The molecular weight excluding hydrogens is 504 g/mol. The molecule has 2 N–H and O–H groups in total. The van der Waals surface area contributed by atoms with Gasteiger partial charge in [0.25, 0.3) is 5.56 Å². The Morgan fingerprint density at radius 3 is 2.58 bits per heavy atom. The summed E-state index contributed by atoms with van der Waals surface area (Å²) >= 11 is 0. The number of aliphatic hydroxyl groups is 1. The van der Waals surface area contributed by atoms with Crippen LogP contribution in [-0.2, 0) is 11.3 Å². The fourth-order valence-electron chi connectivity index (χ4n) is 6.13. The first-order valence-corrected chi connectivity index (χ1v) is 13.8. The molecule has 2 aromatic carbocycles.